The normalized spacial score (nSPS) is 16.5. The Hall–Kier alpha value is -2.47. The van der Waals surface area contributed by atoms with Crippen LogP contribution < -0.4 is 4.74 Å². The van der Waals surface area contributed by atoms with E-state index in [0.29, 0.717) is 23.7 Å². The number of ether oxygens (including phenoxy) is 2. The molecule has 1 saturated heterocycles. The molecule has 6 heteroatoms. The van der Waals surface area contributed by atoms with Gasteiger partial charge in [-0.1, -0.05) is 19.1 Å². The average Bonchev–Trinajstić information content (AvgIpc) is 3.20. The zero-order valence-electron chi connectivity index (χ0n) is 15.4. The van der Waals surface area contributed by atoms with Gasteiger partial charge in [0.15, 0.2) is 0 Å². The van der Waals surface area contributed by atoms with E-state index in [9.17, 15) is 4.79 Å². The molecule has 26 heavy (non-hydrogen) atoms. The van der Waals surface area contributed by atoms with Crippen molar-refractivity contribution in [3.63, 3.8) is 0 Å². The lowest BCUT2D eigenvalue weighted by Gasteiger charge is -2.25. The molecule has 0 N–H and O–H groups in total. The molecule has 6 nitrogen and oxygen atoms in total. The first-order valence-corrected chi connectivity index (χ1v) is 9.09. The van der Waals surface area contributed by atoms with Crippen LogP contribution in [0.25, 0.3) is 11.3 Å². The third-order valence-electron chi connectivity index (χ3n) is 4.47. The van der Waals surface area contributed by atoms with Gasteiger partial charge in [-0.2, -0.15) is 0 Å². The molecule has 0 bridgehead atoms. The standard InChI is InChI=1S/C20H25N3O3/c1-3-11-23(14-17-8-5-12-26-17)20(24)16-7-4-6-15(13-16)18-19(25-2)22-10-9-21-18/h4,6-7,9-10,13,17H,3,5,8,11-12,14H2,1-2H3. The van der Waals surface area contributed by atoms with E-state index in [4.69, 9.17) is 9.47 Å². The van der Waals surface area contributed by atoms with E-state index < -0.39 is 0 Å². The van der Waals surface area contributed by atoms with Crippen LogP contribution in [0.3, 0.4) is 0 Å². The molecule has 0 aliphatic carbocycles. The predicted molar refractivity (Wildman–Crippen MR) is 99.2 cm³/mol. The monoisotopic (exact) mass is 355 g/mol. The number of nitrogens with zero attached hydrogens (tertiary/aromatic N) is 3. The maximum atomic E-state index is 13.1. The van der Waals surface area contributed by atoms with E-state index in [2.05, 4.69) is 16.9 Å². The van der Waals surface area contributed by atoms with E-state index in [-0.39, 0.29) is 12.0 Å². The number of carbonyl (C=O) groups excluding carboxylic acids is 1. The lowest BCUT2D eigenvalue weighted by molar-refractivity contribution is 0.0526. The van der Waals surface area contributed by atoms with E-state index in [1.165, 1.54) is 0 Å². The third-order valence-corrected chi connectivity index (χ3v) is 4.47. The van der Waals surface area contributed by atoms with Crippen molar-refractivity contribution in [3.05, 3.63) is 42.2 Å². The van der Waals surface area contributed by atoms with E-state index in [0.717, 1.165) is 38.0 Å². The molecule has 1 aliphatic rings. The third kappa shape index (κ3) is 4.19. The number of rotatable bonds is 7. The highest BCUT2D eigenvalue weighted by atomic mass is 16.5. The summed E-state index contributed by atoms with van der Waals surface area (Å²) in [4.78, 5) is 23.5. The summed E-state index contributed by atoms with van der Waals surface area (Å²) in [5.41, 5.74) is 2.09. The predicted octanol–water partition coefficient (Wildman–Crippen LogP) is 3.18. The maximum absolute atomic E-state index is 13.1. The highest BCUT2D eigenvalue weighted by Crippen LogP contribution is 2.26. The van der Waals surface area contributed by atoms with Crippen molar-refractivity contribution in [1.82, 2.24) is 14.9 Å². The molecule has 0 spiro atoms. The largest absolute Gasteiger partial charge is 0.479 e. The van der Waals surface area contributed by atoms with Gasteiger partial charge in [0.05, 0.1) is 13.2 Å². The molecular weight excluding hydrogens is 330 g/mol. The van der Waals surface area contributed by atoms with Crippen molar-refractivity contribution >= 4 is 5.91 Å². The molecule has 3 rings (SSSR count). The van der Waals surface area contributed by atoms with Crippen LogP contribution in [0.15, 0.2) is 36.7 Å². The number of hydrogen-bond donors (Lipinski definition) is 0. The van der Waals surface area contributed by atoms with Crippen molar-refractivity contribution in [2.45, 2.75) is 32.3 Å². The van der Waals surface area contributed by atoms with Gasteiger partial charge in [0.1, 0.15) is 5.69 Å². The summed E-state index contributed by atoms with van der Waals surface area (Å²) in [7, 11) is 1.56. The van der Waals surface area contributed by atoms with Gasteiger partial charge in [-0.15, -0.1) is 0 Å². The minimum atomic E-state index is 0.0204. The summed E-state index contributed by atoms with van der Waals surface area (Å²) in [6, 6.07) is 7.47. The molecule has 1 aromatic carbocycles. The molecule has 1 unspecified atom stereocenters. The number of benzene rings is 1. The molecule has 1 fully saturated rings. The van der Waals surface area contributed by atoms with Gasteiger partial charge < -0.3 is 14.4 Å². The second-order valence-corrected chi connectivity index (χ2v) is 6.38. The number of carbonyl (C=O) groups is 1. The molecule has 1 amide bonds. The average molecular weight is 355 g/mol. The summed E-state index contributed by atoms with van der Waals surface area (Å²) >= 11 is 0. The molecular formula is C20H25N3O3. The van der Waals surface area contributed by atoms with Gasteiger partial charge in [-0.25, -0.2) is 9.97 Å². The molecule has 0 radical (unpaired) electrons. The van der Waals surface area contributed by atoms with Crippen LogP contribution in [0.2, 0.25) is 0 Å². The second-order valence-electron chi connectivity index (χ2n) is 6.38. The van der Waals surface area contributed by atoms with Crippen molar-refractivity contribution in [2.75, 3.05) is 26.8 Å². The Balaban J connectivity index is 1.84. The summed E-state index contributed by atoms with van der Waals surface area (Å²) in [6.45, 7) is 4.24. The fraction of sp³-hybridized carbons (Fsp3) is 0.450. The van der Waals surface area contributed by atoms with Gasteiger partial charge in [0, 0.05) is 43.2 Å². The molecule has 1 aromatic heterocycles. The highest BCUT2D eigenvalue weighted by molar-refractivity contribution is 5.95. The lowest BCUT2D eigenvalue weighted by atomic mass is 10.1. The molecule has 0 saturated carbocycles. The van der Waals surface area contributed by atoms with Gasteiger partial charge in [-0.3, -0.25) is 4.79 Å². The fourth-order valence-electron chi connectivity index (χ4n) is 3.23. The lowest BCUT2D eigenvalue weighted by Crippen LogP contribution is -2.37. The van der Waals surface area contributed by atoms with Crippen molar-refractivity contribution in [1.29, 1.82) is 0 Å². The quantitative estimate of drug-likeness (QED) is 0.763. The zero-order chi connectivity index (χ0) is 18.4. The van der Waals surface area contributed by atoms with Crippen LogP contribution in [0, 0.1) is 0 Å². The van der Waals surface area contributed by atoms with Crippen LogP contribution >= 0.6 is 0 Å². The second kappa shape index (κ2) is 8.76. The Morgan fingerprint density at radius 3 is 2.92 bits per heavy atom. The van der Waals surface area contributed by atoms with Gasteiger partial charge >= 0.3 is 0 Å². The summed E-state index contributed by atoms with van der Waals surface area (Å²) < 4.78 is 11.0. The summed E-state index contributed by atoms with van der Waals surface area (Å²) in [5, 5.41) is 0. The Morgan fingerprint density at radius 2 is 2.19 bits per heavy atom. The van der Waals surface area contributed by atoms with E-state index in [1.54, 1.807) is 19.5 Å². The molecule has 1 aliphatic heterocycles. The minimum Gasteiger partial charge on any atom is -0.479 e. The van der Waals surface area contributed by atoms with Crippen molar-refractivity contribution < 1.29 is 14.3 Å². The zero-order valence-corrected chi connectivity index (χ0v) is 15.4. The SMILES string of the molecule is CCCN(CC1CCCO1)C(=O)c1cccc(-c2nccnc2OC)c1. The Labute approximate surface area is 154 Å². The smallest absolute Gasteiger partial charge is 0.253 e. The minimum absolute atomic E-state index is 0.0204. The summed E-state index contributed by atoms with van der Waals surface area (Å²) in [6.07, 6.45) is 6.35. The molecule has 2 aromatic rings. The van der Waals surface area contributed by atoms with Crippen LogP contribution in [0.5, 0.6) is 5.88 Å². The number of hydrogen-bond acceptors (Lipinski definition) is 5. The fourth-order valence-corrected chi connectivity index (χ4v) is 3.23. The Bertz CT molecular complexity index is 745. The number of aromatic nitrogens is 2. The summed E-state index contributed by atoms with van der Waals surface area (Å²) in [5.74, 6) is 0.467. The Kier molecular flexibility index (Phi) is 6.17. The number of methoxy groups -OCH3 is 1. The van der Waals surface area contributed by atoms with E-state index in [1.807, 2.05) is 29.2 Å². The van der Waals surface area contributed by atoms with Crippen molar-refractivity contribution in [3.8, 4) is 17.1 Å². The van der Waals surface area contributed by atoms with Gasteiger partial charge in [0.25, 0.3) is 5.91 Å². The first-order valence-electron chi connectivity index (χ1n) is 9.09. The maximum Gasteiger partial charge on any atom is 0.253 e. The van der Waals surface area contributed by atoms with Crippen LogP contribution in [0.4, 0.5) is 0 Å². The van der Waals surface area contributed by atoms with Gasteiger partial charge in [0.2, 0.25) is 5.88 Å². The van der Waals surface area contributed by atoms with Crippen LogP contribution in [-0.4, -0.2) is 53.7 Å². The van der Waals surface area contributed by atoms with Crippen LogP contribution in [-0.2, 0) is 4.74 Å². The first kappa shape index (κ1) is 18.3. The topological polar surface area (TPSA) is 64.5 Å². The molecule has 138 valence electrons. The highest BCUT2D eigenvalue weighted by Gasteiger charge is 2.23. The van der Waals surface area contributed by atoms with Crippen LogP contribution in [0.1, 0.15) is 36.5 Å². The number of amides is 1. The molecule has 1 atom stereocenters. The van der Waals surface area contributed by atoms with E-state index >= 15 is 0 Å². The van der Waals surface area contributed by atoms with Crippen molar-refractivity contribution in [2.24, 2.45) is 0 Å². The van der Waals surface area contributed by atoms with Gasteiger partial charge in [-0.05, 0) is 31.4 Å². The first-order chi connectivity index (χ1) is 12.7. The molecule has 2 heterocycles. The Morgan fingerprint density at radius 1 is 1.35 bits per heavy atom.